The number of hydrogen-bond acceptors (Lipinski definition) is 0. The van der Waals surface area contributed by atoms with Crippen LogP contribution in [0.15, 0.2) is 0 Å². The molecule has 0 aliphatic rings. The first-order chi connectivity index (χ1) is 14.3. The molecule has 0 rings (SSSR count). The molecule has 0 fully saturated rings. The third-order valence-corrected chi connectivity index (χ3v) is 6.73. The number of alkyl halides is 16. The second-order valence-corrected chi connectivity index (χ2v) is 9.85. The van der Waals surface area contributed by atoms with E-state index in [0.29, 0.717) is 19.3 Å². The summed E-state index contributed by atoms with van der Waals surface area (Å²) in [6.07, 6.45) is -8.79. The molecule has 0 saturated heterocycles. The molecular weight excluding hydrogens is 616 g/mol. The molecule has 0 bridgehead atoms. The van der Waals surface area contributed by atoms with Crippen LogP contribution < -0.4 is 0 Å². The maximum absolute atomic E-state index is 14.2. The molecule has 0 saturated carbocycles. The topological polar surface area (TPSA) is 0 Å². The lowest BCUT2D eigenvalue weighted by Gasteiger charge is -2.43. The van der Waals surface area contributed by atoms with Gasteiger partial charge in [-0.25, -0.2) is 0 Å². The van der Waals surface area contributed by atoms with Crippen molar-refractivity contribution >= 4 is 22.6 Å². The molecule has 0 nitrogen and oxygen atoms in total. The maximum Gasteiger partial charge on any atom is 0.460 e. The molecule has 200 valence electrons. The van der Waals surface area contributed by atoms with Gasteiger partial charge in [0.25, 0.3) is 0 Å². The highest BCUT2D eigenvalue weighted by Gasteiger charge is 2.93. The van der Waals surface area contributed by atoms with Crippen LogP contribution in [0.5, 0.6) is 0 Å². The van der Waals surface area contributed by atoms with Crippen LogP contribution in [0.1, 0.15) is 58.8 Å². The molecule has 33 heavy (non-hydrogen) atoms. The van der Waals surface area contributed by atoms with Crippen molar-refractivity contribution in [2.45, 2.75) is 104 Å². The molecule has 0 aromatic rings. The summed E-state index contributed by atoms with van der Waals surface area (Å²) in [6.45, 7) is 2.91. The molecular formula is C17H20F15I. The second kappa shape index (κ2) is 9.97. The minimum atomic E-state index is -8.23. The summed E-state index contributed by atoms with van der Waals surface area (Å²) in [5.41, 5.74) is 0. The van der Waals surface area contributed by atoms with E-state index in [1.54, 1.807) is 6.92 Å². The van der Waals surface area contributed by atoms with E-state index >= 15 is 0 Å². The standard InChI is InChI=1S/C17H20F15I/c1-3-5-6-7-8-10(33,4-2)9-11(18,19)12(20,21)13(22,23)14(24,25)15(26,27)16(28,29)17(30,31)32/h3-9H2,1-2H3. The van der Waals surface area contributed by atoms with Gasteiger partial charge in [-0.15, -0.1) is 0 Å². The highest BCUT2D eigenvalue weighted by atomic mass is 127. The van der Waals surface area contributed by atoms with E-state index in [-0.39, 0.29) is 12.8 Å². The summed E-state index contributed by atoms with van der Waals surface area (Å²) >= 11 is 1.18. The van der Waals surface area contributed by atoms with Gasteiger partial charge in [-0.05, 0) is 12.8 Å². The van der Waals surface area contributed by atoms with Gasteiger partial charge in [-0.1, -0.05) is 62.1 Å². The second-order valence-electron chi connectivity index (χ2n) is 7.57. The van der Waals surface area contributed by atoms with Crippen molar-refractivity contribution in [2.75, 3.05) is 0 Å². The lowest BCUT2D eigenvalue weighted by Crippen LogP contribution is -2.72. The molecule has 1 unspecified atom stereocenters. The smallest absolute Gasteiger partial charge is 0.200 e. The molecule has 0 aromatic heterocycles. The van der Waals surface area contributed by atoms with Crippen LogP contribution in [0.25, 0.3) is 0 Å². The van der Waals surface area contributed by atoms with Crippen molar-refractivity contribution in [1.29, 1.82) is 0 Å². The molecule has 0 N–H and O–H groups in total. The van der Waals surface area contributed by atoms with Crippen LogP contribution in [0.2, 0.25) is 0 Å². The van der Waals surface area contributed by atoms with Gasteiger partial charge in [0.1, 0.15) is 0 Å². The van der Waals surface area contributed by atoms with Gasteiger partial charge in [-0.2, -0.15) is 65.9 Å². The summed E-state index contributed by atoms with van der Waals surface area (Å²) in [7, 11) is 0. The van der Waals surface area contributed by atoms with Crippen molar-refractivity contribution < 1.29 is 65.9 Å². The zero-order chi connectivity index (χ0) is 26.9. The fourth-order valence-electron chi connectivity index (χ4n) is 2.77. The summed E-state index contributed by atoms with van der Waals surface area (Å²) in [6, 6.07) is 0. The Labute approximate surface area is 192 Å². The number of halogens is 16. The van der Waals surface area contributed by atoms with Crippen LogP contribution in [-0.4, -0.2) is 45.1 Å². The van der Waals surface area contributed by atoms with Gasteiger partial charge in [0.15, 0.2) is 0 Å². The Balaban J connectivity index is 6.26. The van der Waals surface area contributed by atoms with Gasteiger partial charge < -0.3 is 0 Å². The molecule has 0 spiro atoms. The highest BCUT2D eigenvalue weighted by Crippen LogP contribution is 2.63. The largest absolute Gasteiger partial charge is 0.460 e. The van der Waals surface area contributed by atoms with Crippen LogP contribution >= 0.6 is 22.6 Å². The van der Waals surface area contributed by atoms with Crippen LogP contribution in [0, 0.1) is 0 Å². The Morgan fingerprint density at radius 2 is 0.909 bits per heavy atom. The molecule has 1 atom stereocenters. The highest BCUT2D eigenvalue weighted by molar-refractivity contribution is 14.1. The van der Waals surface area contributed by atoms with Crippen LogP contribution in [-0.2, 0) is 0 Å². The third-order valence-electron chi connectivity index (χ3n) is 5.04. The van der Waals surface area contributed by atoms with E-state index in [1.165, 1.54) is 22.6 Å². The van der Waals surface area contributed by atoms with Crippen molar-refractivity contribution in [1.82, 2.24) is 0 Å². The zero-order valence-corrected chi connectivity index (χ0v) is 19.2. The summed E-state index contributed by atoms with van der Waals surface area (Å²) in [4.78, 5) is 0. The van der Waals surface area contributed by atoms with Crippen molar-refractivity contribution in [3.63, 3.8) is 0 Å². The normalized spacial score (nSPS) is 17.3. The van der Waals surface area contributed by atoms with E-state index in [0.717, 1.165) is 6.92 Å². The van der Waals surface area contributed by atoms with E-state index in [2.05, 4.69) is 0 Å². The molecule has 0 aliphatic carbocycles. The monoisotopic (exact) mass is 636 g/mol. The lowest BCUT2D eigenvalue weighted by atomic mass is 9.85. The number of rotatable bonds is 13. The molecule has 0 aromatic carbocycles. The number of hydrogen-bond donors (Lipinski definition) is 0. The van der Waals surface area contributed by atoms with Gasteiger partial charge in [-0.3, -0.25) is 0 Å². The van der Waals surface area contributed by atoms with Crippen LogP contribution in [0.3, 0.4) is 0 Å². The Kier molecular flexibility index (Phi) is 9.88. The van der Waals surface area contributed by atoms with E-state index in [9.17, 15) is 65.9 Å². The lowest BCUT2D eigenvalue weighted by molar-refractivity contribution is -0.452. The summed E-state index contributed by atoms with van der Waals surface area (Å²) in [5, 5.41) is 0. The fourth-order valence-corrected chi connectivity index (χ4v) is 3.63. The summed E-state index contributed by atoms with van der Waals surface area (Å²) < 4.78 is 197. The van der Waals surface area contributed by atoms with Crippen molar-refractivity contribution in [2.24, 2.45) is 0 Å². The predicted octanol–water partition coefficient (Wildman–Crippen LogP) is 9.30. The predicted molar refractivity (Wildman–Crippen MR) is 96.2 cm³/mol. The average Bonchev–Trinajstić information content (AvgIpc) is 2.63. The van der Waals surface area contributed by atoms with Gasteiger partial charge >= 0.3 is 41.7 Å². The van der Waals surface area contributed by atoms with Gasteiger partial charge in [0.2, 0.25) is 0 Å². The van der Waals surface area contributed by atoms with Gasteiger partial charge in [0, 0.05) is 9.84 Å². The Morgan fingerprint density at radius 3 is 1.27 bits per heavy atom. The maximum atomic E-state index is 14.2. The molecule has 0 heterocycles. The fraction of sp³-hybridized carbons (Fsp3) is 1.00. The third kappa shape index (κ3) is 5.75. The molecule has 16 heteroatoms. The first-order valence-corrected chi connectivity index (χ1v) is 10.4. The Morgan fingerprint density at radius 1 is 0.515 bits per heavy atom. The Hall–Kier alpha value is -0.320. The van der Waals surface area contributed by atoms with Crippen molar-refractivity contribution in [3.8, 4) is 0 Å². The zero-order valence-electron chi connectivity index (χ0n) is 17.0. The van der Waals surface area contributed by atoms with Crippen LogP contribution in [0.4, 0.5) is 65.9 Å². The average molecular weight is 636 g/mol. The van der Waals surface area contributed by atoms with Crippen molar-refractivity contribution in [3.05, 3.63) is 0 Å². The molecule has 0 aliphatic heterocycles. The van der Waals surface area contributed by atoms with E-state index < -0.39 is 58.0 Å². The van der Waals surface area contributed by atoms with E-state index in [4.69, 9.17) is 0 Å². The minimum absolute atomic E-state index is 0.120. The molecule has 0 radical (unpaired) electrons. The molecule has 0 amide bonds. The minimum Gasteiger partial charge on any atom is -0.200 e. The first-order valence-electron chi connectivity index (χ1n) is 9.35. The Bertz CT molecular complexity index is 641. The SMILES string of the molecule is CCCCCCC(I)(CC)CC(F)(F)C(F)(F)C(F)(F)C(F)(F)C(F)(F)C(F)(F)C(F)(F)F. The van der Waals surface area contributed by atoms with E-state index in [1.807, 2.05) is 0 Å². The first kappa shape index (κ1) is 32.7. The van der Waals surface area contributed by atoms with Gasteiger partial charge in [0.05, 0.1) is 0 Å². The summed E-state index contributed by atoms with van der Waals surface area (Å²) in [5.74, 6) is -46.0. The number of unbranched alkanes of at least 4 members (excludes halogenated alkanes) is 3. The quantitative estimate of drug-likeness (QED) is 0.0819.